The summed E-state index contributed by atoms with van der Waals surface area (Å²) in [5, 5.41) is 0. The maximum atomic E-state index is 2.62. The van der Waals surface area contributed by atoms with Crippen molar-refractivity contribution in [3.8, 4) is 0 Å². The average molecular weight is 423 g/mol. The number of unbranched alkanes of at least 4 members (excludes halogenated alkanes) is 3. The number of benzene rings is 1. The topological polar surface area (TPSA) is 0 Å². The van der Waals surface area contributed by atoms with E-state index in [-0.39, 0.29) is 0 Å². The van der Waals surface area contributed by atoms with Crippen LogP contribution in [0.25, 0.3) is 0 Å². The quantitative estimate of drug-likeness (QED) is 0.219. The lowest BCUT2D eigenvalue weighted by Gasteiger charge is -2.30. The summed E-state index contributed by atoms with van der Waals surface area (Å²) in [6.45, 7) is 4.60. The molecule has 0 saturated heterocycles. The number of aryl methyl sites for hydroxylation is 2. The monoisotopic (exact) mass is 422 g/mol. The molecule has 31 heavy (non-hydrogen) atoms. The first-order valence-electron chi connectivity index (χ1n) is 14.0. The van der Waals surface area contributed by atoms with Gasteiger partial charge in [-0.05, 0) is 80.2 Å². The van der Waals surface area contributed by atoms with Gasteiger partial charge in [0.1, 0.15) is 0 Å². The van der Waals surface area contributed by atoms with E-state index in [4.69, 9.17) is 0 Å². The van der Waals surface area contributed by atoms with Crippen molar-refractivity contribution in [1.29, 1.82) is 0 Å². The molecule has 2 aliphatic rings. The smallest absolute Gasteiger partial charge is 0.0241 e. The minimum atomic E-state index is 0.976. The number of rotatable bonds is 13. The highest BCUT2D eigenvalue weighted by atomic mass is 14.3. The molecule has 0 heterocycles. The van der Waals surface area contributed by atoms with Gasteiger partial charge in [0.05, 0.1) is 0 Å². The Hall–Kier alpha value is -1.04. The van der Waals surface area contributed by atoms with E-state index in [1.165, 1.54) is 127 Å². The van der Waals surface area contributed by atoms with Gasteiger partial charge < -0.3 is 0 Å². The minimum Gasteiger partial charge on any atom is -0.0850 e. The Morgan fingerprint density at radius 2 is 1.23 bits per heavy atom. The van der Waals surface area contributed by atoms with Crippen LogP contribution in [0.4, 0.5) is 0 Å². The van der Waals surface area contributed by atoms with Crippen LogP contribution in [0, 0.1) is 17.8 Å². The SMILES string of the molecule is CCCCCC1CCC(CCC2CC=C(CCc3ccc(CCCC)cc3)CC2)CC1. The zero-order valence-corrected chi connectivity index (χ0v) is 20.8. The van der Waals surface area contributed by atoms with Crippen LogP contribution < -0.4 is 0 Å². The van der Waals surface area contributed by atoms with Gasteiger partial charge in [-0.25, -0.2) is 0 Å². The summed E-state index contributed by atoms with van der Waals surface area (Å²) in [5.41, 5.74) is 4.77. The second-order valence-corrected chi connectivity index (χ2v) is 10.9. The zero-order valence-electron chi connectivity index (χ0n) is 20.8. The Morgan fingerprint density at radius 1 is 0.613 bits per heavy atom. The first-order valence-corrected chi connectivity index (χ1v) is 14.0. The fraction of sp³-hybridized carbons (Fsp3) is 0.742. The predicted molar refractivity (Wildman–Crippen MR) is 138 cm³/mol. The van der Waals surface area contributed by atoms with Crippen LogP contribution in [0.15, 0.2) is 35.9 Å². The van der Waals surface area contributed by atoms with Gasteiger partial charge in [-0.1, -0.05) is 114 Å². The molecular formula is C31H50. The predicted octanol–water partition coefficient (Wildman–Crippen LogP) is 9.86. The molecule has 1 aromatic carbocycles. The molecular weight excluding hydrogens is 372 g/mol. The molecule has 1 unspecified atom stereocenters. The van der Waals surface area contributed by atoms with E-state index in [2.05, 4.69) is 44.2 Å². The minimum absolute atomic E-state index is 0.976. The molecule has 0 amide bonds. The highest BCUT2D eigenvalue weighted by Crippen LogP contribution is 2.37. The molecule has 1 aromatic rings. The van der Waals surface area contributed by atoms with Crippen molar-refractivity contribution >= 4 is 0 Å². The molecule has 3 rings (SSSR count). The fourth-order valence-electron chi connectivity index (χ4n) is 5.95. The molecule has 0 nitrogen and oxygen atoms in total. The summed E-state index contributed by atoms with van der Waals surface area (Å²) in [7, 11) is 0. The Labute approximate surface area is 194 Å². The van der Waals surface area contributed by atoms with E-state index in [0.717, 1.165) is 17.8 Å². The molecule has 0 spiro atoms. The standard InChI is InChI=1S/C31H50/c1-3-5-7-9-27-12-16-29(17-13-27)19-21-31-24-22-30(23-25-31)20-18-28-14-10-26(11-15-28)8-6-4-2/h10-11,14-15,22,27,29,31H,3-9,12-13,16-21,23-25H2,1-2H3. The summed E-state index contributed by atoms with van der Waals surface area (Å²) < 4.78 is 0. The lowest BCUT2D eigenvalue weighted by atomic mass is 9.76. The third-order valence-corrected chi connectivity index (χ3v) is 8.36. The average Bonchev–Trinajstić information content (AvgIpc) is 2.82. The van der Waals surface area contributed by atoms with Crippen molar-refractivity contribution in [2.75, 3.05) is 0 Å². The zero-order chi connectivity index (χ0) is 21.7. The summed E-state index contributed by atoms with van der Waals surface area (Å²) in [5.74, 6) is 3.09. The van der Waals surface area contributed by atoms with E-state index in [9.17, 15) is 0 Å². The second kappa shape index (κ2) is 14.2. The van der Waals surface area contributed by atoms with Crippen LogP contribution in [-0.2, 0) is 12.8 Å². The van der Waals surface area contributed by atoms with Gasteiger partial charge in [-0.2, -0.15) is 0 Å². The van der Waals surface area contributed by atoms with Gasteiger partial charge in [0.25, 0.3) is 0 Å². The molecule has 0 aromatic heterocycles. The van der Waals surface area contributed by atoms with Gasteiger partial charge >= 0.3 is 0 Å². The van der Waals surface area contributed by atoms with Crippen molar-refractivity contribution in [3.63, 3.8) is 0 Å². The summed E-state index contributed by atoms with van der Waals surface area (Å²) in [6.07, 6.45) is 28.1. The van der Waals surface area contributed by atoms with Gasteiger partial charge in [-0.3, -0.25) is 0 Å². The first kappa shape index (κ1) is 24.6. The Morgan fingerprint density at radius 3 is 1.84 bits per heavy atom. The number of allylic oxidation sites excluding steroid dienone is 2. The second-order valence-electron chi connectivity index (χ2n) is 10.9. The number of hydrogen-bond acceptors (Lipinski definition) is 0. The maximum absolute atomic E-state index is 2.62. The first-order chi connectivity index (χ1) is 15.3. The van der Waals surface area contributed by atoms with Crippen molar-refractivity contribution in [2.45, 2.75) is 129 Å². The van der Waals surface area contributed by atoms with Crippen LogP contribution in [0.1, 0.15) is 128 Å². The molecule has 1 atom stereocenters. The third kappa shape index (κ3) is 9.15. The van der Waals surface area contributed by atoms with Crippen molar-refractivity contribution in [2.24, 2.45) is 17.8 Å². The number of hydrogen-bond donors (Lipinski definition) is 0. The van der Waals surface area contributed by atoms with Crippen LogP contribution in [0.5, 0.6) is 0 Å². The molecule has 0 radical (unpaired) electrons. The third-order valence-electron chi connectivity index (χ3n) is 8.36. The van der Waals surface area contributed by atoms with Crippen molar-refractivity contribution in [3.05, 3.63) is 47.0 Å². The van der Waals surface area contributed by atoms with E-state index < -0.39 is 0 Å². The largest absolute Gasteiger partial charge is 0.0850 e. The summed E-state index contributed by atoms with van der Waals surface area (Å²) in [6, 6.07) is 9.45. The lowest BCUT2D eigenvalue weighted by Crippen LogP contribution is -2.16. The van der Waals surface area contributed by atoms with Crippen molar-refractivity contribution < 1.29 is 0 Å². The molecule has 1 saturated carbocycles. The maximum Gasteiger partial charge on any atom is -0.0241 e. The highest BCUT2D eigenvalue weighted by molar-refractivity contribution is 5.23. The molecule has 0 N–H and O–H groups in total. The molecule has 0 bridgehead atoms. The molecule has 174 valence electrons. The van der Waals surface area contributed by atoms with E-state index >= 15 is 0 Å². The Bertz CT molecular complexity index is 614. The van der Waals surface area contributed by atoms with Gasteiger partial charge in [0.15, 0.2) is 0 Å². The molecule has 0 aliphatic heterocycles. The van der Waals surface area contributed by atoms with Gasteiger partial charge in [0.2, 0.25) is 0 Å². The highest BCUT2D eigenvalue weighted by Gasteiger charge is 2.22. The molecule has 0 heteroatoms. The van der Waals surface area contributed by atoms with Gasteiger partial charge in [0, 0.05) is 0 Å². The Kier molecular flexibility index (Phi) is 11.3. The van der Waals surface area contributed by atoms with E-state index in [1.807, 2.05) is 0 Å². The van der Waals surface area contributed by atoms with Gasteiger partial charge in [-0.15, -0.1) is 0 Å². The van der Waals surface area contributed by atoms with Crippen molar-refractivity contribution in [1.82, 2.24) is 0 Å². The van der Waals surface area contributed by atoms with E-state index in [1.54, 1.807) is 5.57 Å². The van der Waals surface area contributed by atoms with Crippen LogP contribution in [0.3, 0.4) is 0 Å². The normalized spacial score (nSPS) is 24.2. The Balaban J connectivity index is 1.28. The van der Waals surface area contributed by atoms with Crippen LogP contribution in [-0.4, -0.2) is 0 Å². The van der Waals surface area contributed by atoms with Crippen LogP contribution >= 0.6 is 0 Å². The lowest BCUT2D eigenvalue weighted by molar-refractivity contribution is 0.234. The summed E-state index contributed by atoms with van der Waals surface area (Å²) >= 11 is 0. The molecule has 1 fully saturated rings. The van der Waals surface area contributed by atoms with Crippen LogP contribution in [0.2, 0.25) is 0 Å². The molecule has 2 aliphatic carbocycles. The van der Waals surface area contributed by atoms with E-state index in [0.29, 0.717) is 0 Å². The fourth-order valence-corrected chi connectivity index (χ4v) is 5.95. The summed E-state index contributed by atoms with van der Waals surface area (Å²) in [4.78, 5) is 0.